The minimum atomic E-state index is -3.43. The van der Waals surface area contributed by atoms with Gasteiger partial charge in [0.05, 0.1) is 16.7 Å². The molecule has 1 atom stereocenters. The molecular formula is C22H28N2O4S2. The number of hydrogen-bond acceptors (Lipinski definition) is 5. The SMILES string of the molecule is C[C@@H](Sc1ccccc1)C(=O)NCCOc1ccc(S(=O)(=O)N2CCCCC2)cc1. The van der Waals surface area contributed by atoms with Gasteiger partial charge in [-0.3, -0.25) is 4.79 Å². The molecule has 1 N–H and O–H groups in total. The van der Waals surface area contributed by atoms with Gasteiger partial charge in [0, 0.05) is 18.0 Å². The molecule has 1 amide bonds. The standard InChI is InChI=1S/C22H28N2O4S2/c1-18(29-20-8-4-2-5-9-20)22(25)23-14-17-28-19-10-12-21(13-11-19)30(26,27)24-15-6-3-7-16-24/h2,4-5,8-13,18H,3,6-7,14-17H2,1H3,(H,23,25)/t18-/m1/s1. The van der Waals surface area contributed by atoms with Crippen LogP contribution in [-0.2, 0) is 14.8 Å². The van der Waals surface area contributed by atoms with E-state index in [0.717, 1.165) is 24.2 Å². The molecule has 1 aliphatic heterocycles. The monoisotopic (exact) mass is 448 g/mol. The van der Waals surface area contributed by atoms with Crippen molar-refractivity contribution in [1.29, 1.82) is 0 Å². The number of piperidine rings is 1. The fraction of sp³-hybridized carbons (Fsp3) is 0.409. The zero-order valence-electron chi connectivity index (χ0n) is 17.1. The molecule has 6 nitrogen and oxygen atoms in total. The van der Waals surface area contributed by atoms with Crippen LogP contribution in [-0.4, -0.2) is 50.1 Å². The number of amides is 1. The lowest BCUT2D eigenvalue weighted by Gasteiger charge is -2.25. The first kappa shape index (κ1) is 22.7. The molecule has 3 rings (SSSR count). The molecule has 0 spiro atoms. The molecule has 0 aliphatic carbocycles. The quantitative estimate of drug-likeness (QED) is 0.469. The first-order valence-corrected chi connectivity index (χ1v) is 12.5. The number of nitrogens with one attached hydrogen (secondary N) is 1. The molecule has 0 radical (unpaired) electrons. The molecule has 0 aromatic heterocycles. The van der Waals surface area contributed by atoms with Crippen LogP contribution in [0.2, 0.25) is 0 Å². The highest BCUT2D eigenvalue weighted by molar-refractivity contribution is 8.00. The van der Waals surface area contributed by atoms with Gasteiger partial charge in [-0.25, -0.2) is 8.42 Å². The average Bonchev–Trinajstić information content (AvgIpc) is 2.78. The molecular weight excluding hydrogens is 420 g/mol. The van der Waals surface area contributed by atoms with Crippen LogP contribution in [0.1, 0.15) is 26.2 Å². The maximum Gasteiger partial charge on any atom is 0.243 e. The Bertz CT molecular complexity index is 912. The minimum absolute atomic E-state index is 0.0459. The summed E-state index contributed by atoms with van der Waals surface area (Å²) in [6, 6.07) is 16.3. The van der Waals surface area contributed by atoms with Crippen LogP contribution in [0.3, 0.4) is 0 Å². The number of sulfonamides is 1. The number of thioether (sulfide) groups is 1. The van der Waals surface area contributed by atoms with E-state index in [9.17, 15) is 13.2 Å². The highest BCUT2D eigenvalue weighted by Crippen LogP contribution is 2.23. The van der Waals surface area contributed by atoms with Crippen molar-refractivity contribution in [1.82, 2.24) is 9.62 Å². The van der Waals surface area contributed by atoms with E-state index in [1.807, 2.05) is 37.3 Å². The summed E-state index contributed by atoms with van der Waals surface area (Å²) >= 11 is 1.51. The predicted molar refractivity (Wildman–Crippen MR) is 119 cm³/mol. The van der Waals surface area contributed by atoms with Gasteiger partial charge in [-0.05, 0) is 56.2 Å². The lowest BCUT2D eigenvalue weighted by molar-refractivity contribution is -0.120. The topological polar surface area (TPSA) is 75.7 Å². The van der Waals surface area contributed by atoms with E-state index in [1.54, 1.807) is 28.6 Å². The molecule has 0 bridgehead atoms. The molecule has 2 aromatic carbocycles. The minimum Gasteiger partial charge on any atom is -0.492 e. The Morgan fingerprint density at radius 2 is 1.73 bits per heavy atom. The largest absolute Gasteiger partial charge is 0.492 e. The molecule has 1 heterocycles. The molecule has 1 aliphatic rings. The number of carbonyl (C=O) groups excluding carboxylic acids is 1. The summed E-state index contributed by atoms with van der Waals surface area (Å²) in [5, 5.41) is 2.66. The van der Waals surface area contributed by atoms with E-state index in [0.29, 0.717) is 32.0 Å². The molecule has 1 saturated heterocycles. The Morgan fingerprint density at radius 3 is 2.40 bits per heavy atom. The lowest BCUT2D eigenvalue weighted by atomic mass is 10.2. The first-order valence-electron chi connectivity index (χ1n) is 10.2. The van der Waals surface area contributed by atoms with Crippen molar-refractivity contribution in [2.45, 2.75) is 41.2 Å². The van der Waals surface area contributed by atoms with E-state index in [1.165, 1.54) is 11.8 Å². The van der Waals surface area contributed by atoms with Gasteiger partial charge in [-0.2, -0.15) is 4.31 Å². The Kier molecular flexibility index (Phi) is 8.18. The summed E-state index contributed by atoms with van der Waals surface area (Å²) in [4.78, 5) is 13.5. The lowest BCUT2D eigenvalue weighted by Crippen LogP contribution is -2.35. The average molecular weight is 449 g/mol. The maximum absolute atomic E-state index is 12.7. The van der Waals surface area contributed by atoms with Crippen LogP contribution in [0.5, 0.6) is 5.75 Å². The Morgan fingerprint density at radius 1 is 1.07 bits per heavy atom. The fourth-order valence-corrected chi connectivity index (χ4v) is 5.64. The third-order valence-corrected chi connectivity index (χ3v) is 7.90. The molecule has 8 heteroatoms. The Labute approximate surface area is 183 Å². The normalized spacial score (nSPS) is 16.0. The summed E-state index contributed by atoms with van der Waals surface area (Å²) in [6.07, 6.45) is 2.91. The van der Waals surface area contributed by atoms with Crippen molar-refractivity contribution in [3.05, 3.63) is 54.6 Å². The van der Waals surface area contributed by atoms with E-state index in [4.69, 9.17) is 4.74 Å². The number of benzene rings is 2. The van der Waals surface area contributed by atoms with Gasteiger partial charge in [0.25, 0.3) is 0 Å². The summed E-state index contributed by atoms with van der Waals surface area (Å²) in [5.41, 5.74) is 0. The van der Waals surface area contributed by atoms with Gasteiger partial charge in [-0.15, -0.1) is 11.8 Å². The molecule has 0 unspecified atom stereocenters. The van der Waals surface area contributed by atoms with E-state index in [-0.39, 0.29) is 16.1 Å². The summed E-state index contributed by atoms with van der Waals surface area (Å²) in [6.45, 7) is 3.73. The maximum atomic E-state index is 12.7. The second-order valence-corrected chi connectivity index (χ2v) is 10.5. The van der Waals surface area contributed by atoms with Crippen molar-refractivity contribution in [2.75, 3.05) is 26.2 Å². The fourth-order valence-electron chi connectivity index (χ4n) is 3.21. The number of ether oxygens (including phenoxy) is 1. The third kappa shape index (κ3) is 6.23. The van der Waals surface area contributed by atoms with Gasteiger partial charge in [0.2, 0.25) is 15.9 Å². The van der Waals surface area contributed by atoms with Crippen molar-refractivity contribution in [3.63, 3.8) is 0 Å². The van der Waals surface area contributed by atoms with Gasteiger partial charge in [-0.1, -0.05) is 24.6 Å². The van der Waals surface area contributed by atoms with Crippen LogP contribution in [0.25, 0.3) is 0 Å². The first-order chi connectivity index (χ1) is 14.5. The van der Waals surface area contributed by atoms with Gasteiger partial charge in [0.1, 0.15) is 12.4 Å². The van der Waals surface area contributed by atoms with E-state index < -0.39 is 10.0 Å². The van der Waals surface area contributed by atoms with Crippen LogP contribution in [0.4, 0.5) is 0 Å². The van der Waals surface area contributed by atoms with E-state index >= 15 is 0 Å². The van der Waals surface area contributed by atoms with Crippen molar-refractivity contribution >= 4 is 27.7 Å². The smallest absolute Gasteiger partial charge is 0.243 e. The number of nitrogens with zero attached hydrogens (tertiary/aromatic N) is 1. The second-order valence-electron chi connectivity index (χ2n) is 7.15. The zero-order chi connectivity index (χ0) is 21.4. The Hall–Kier alpha value is -2.03. The molecule has 2 aromatic rings. The number of carbonyl (C=O) groups is 1. The molecule has 162 valence electrons. The summed E-state index contributed by atoms with van der Waals surface area (Å²) in [7, 11) is -3.43. The van der Waals surface area contributed by atoms with Gasteiger partial charge >= 0.3 is 0 Å². The van der Waals surface area contributed by atoms with Crippen molar-refractivity contribution in [2.24, 2.45) is 0 Å². The van der Waals surface area contributed by atoms with Crippen LogP contribution in [0, 0.1) is 0 Å². The van der Waals surface area contributed by atoms with Gasteiger partial charge < -0.3 is 10.1 Å². The second kappa shape index (κ2) is 10.8. The summed E-state index contributed by atoms with van der Waals surface area (Å²) < 4.78 is 32.5. The van der Waals surface area contributed by atoms with Crippen molar-refractivity contribution < 1.29 is 17.9 Å². The van der Waals surface area contributed by atoms with Crippen LogP contribution >= 0.6 is 11.8 Å². The predicted octanol–water partition coefficient (Wildman–Crippen LogP) is 3.54. The van der Waals surface area contributed by atoms with Crippen LogP contribution in [0.15, 0.2) is 64.4 Å². The molecule has 1 fully saturated rings. The highest BCUT2D eigenvalue weighted by Gasteiger charge is 2.25. The zero-order valence-corrected chi connectivity index (χ0v) is 18.8. The summed E-state index contributed by atoms with van der Waals surface area (Å²) in [5.74, 6) is 0.531. The van der Waals surface area contributed by atoms with Crippen LogP contribution < -0.4 is 10.1 Å². The number of rotatable bonds is 9. The number of hydrogen-bond donors (Lipinski definition) is 1. The Balaban J connectivity index is 1.42. The van der Waals surface area contributed by atoms with Crippen molar-refractivity contribution in [3.8, 4) is 5.75 Å². The third-order valence-electron chi connectivity index (χ3n) is 4.87. The molecule has 0 saturated carbocycles. The highest BCUT2D eigenvalue weighted by atomic mass is 32.2. The van der Waals surface area contributed by atoms with E-state index in [2.05, 4.69) is 5.32 Å². The molecule has 30 heavy (non-hydrogen) atoms. The van der Waals surface area contributed by atoms with Gasteiger partial charge in [0.15, 0.2) is 0 Å².